The van der Waals surface area contributed by atoms with Gasteiger partial charge in [-0.15, -0.1) is 0 Å². The molecule has 0 aromatic rings. The third-order valence-corrected chi connectivity index (χ3v) is 3.89. The van der Waals surface area contributed by atoms with Crippen molar-refractivity contribution < 1.29 is 9.90 Å². The summed E-state index contributed by atoms with van der Waals surface area (Å²) in [6, 6.07) is 0. The van der Waals surface area contributed by atoms with Crippen molar-refractivity contribution in [1.82, 2.24) is 10.2 Å². The highest BCUT2D eigenvalue weighted by molar-refractivity contribution is 5.76. The van der Waals surface area contributed by atoms with E-state index in [1.807, 2.05) is 13.8 Å². The van der Waals surface area contributed by atoms with Gasteiger partial charge in [0.2, 0.25) is 5.91 Å². The molecule has 1 fully saturated rings. The Hall–Kier alpha value is -0.610. The Bertz CT molecular complexity index is 248. The van der Waals surface area contributed by atoms with Crippen LogP contribution in [0.3, 0.4) is 0 Å². The molecule has 0 saturated carbocycles. The maximum atomic E-state index is 12.0. The number of carbonyl (C=O) groups excluding carboxylic acids is 1. The van der Waals surface area contributed by atoms with Gasteiger partial charge in [0.1, 0.15) is 0 Å². The Morgan fingerprint density at radius 1 is 1.41 bits per heavy atom. The number of nitrogens with zero attached hydrogens (tertiary/aromatic N) is 1. The molecular weight excluding hydrogens is 216 g/mol. The second-order valence-corrected chi connectivity index (χ2v) is 5.66. The number of hydrogen-bond acceptors (Lipinski definition) is 3. The standard InChI is InChI=1S/C13H26N2O2/c1-13(2,10-16)15(3)12(17)5-4-11-6-8-14-9-7-11/h11,14,16H,4-10H2,1-3H3. The average Bonchev–Trinajstić information content (AvgIpc) is 2.36. The van der Waals surface area contributed by atoms with Gasteiger partial charge in [-0.2, -0.15) is 0 Å². The molecular formula is C13H26N2O2. The lowest BCUT2D eigenvalue weighted by Gasteiger charge is -2.34. The van der Waals surface area contributed by atoms with Crippen LogP contribution in [0.25, 0.3) is 0 Å². The summed E-state index contributed by atoms with van der Waals surface area (Å²) in [4.78, 5) is 13.7. The lowest BCUT2D eigenvalue weighted by Crippen LogP contribution is -2.47. The highest BCUT2D eigenvalue weighted by atomic mass is 16.3. The van der Waals surface area contributed by atoms with Gasteiger partial charge in [-0.05, 0) is 52.1 Å². The van der Waals surface area contributed by atoms with Crippen LogP contribution in [-0.4, -0.2) is 48.2 Å². The van der Waals surface area contributed by atoms with Crippen molar-refractivity contribution in [2.24, 2.45) is 5.92 Å². The molecule has 1 saturated heterocycles. The minimum Gasteiger partial charge on any atom is -0.394 e. The van der Waals surface area contributed by atoms with Crippen LogP contribution >= 0.6 is 0 Å². The summed E-state index contributed by atoms with van der Waals surface area (Å²) < 4.78 is 0. The molecule has 4 nitrogen and oxygen atoms in total. The second-order valence-electron chi connectivity index (χ2n) is 5.66. The summed E-state index contributed by atoms with van der Waals surface area (Å²) in [6.07, 6.45) is 3.94. The molecule has 1 heterocycles. The number of aliphatic hydroxyl groups is 1. The Kier molecular flexibility index (Phi) is 5.40. The topological polar surface area (TPSA) is 52.6 Å². The van der Waals surface area contributed by atoms with Crippen LogP contribution in [0.5, 0.6) is 0 Å². The zero-order valence-corrected chi connectivity index (χ0v) is 11.3. The van der Waals surface area contributed by atoms with E-state index in [4.69, 9.17) is 0 Å². The van der Waals surface area contributed by atoms with Gasteiger partial charge in [0.25, 0.3) is 0 Å². The monoisotopic (exact) mass is 242 g/mol. The molecule has 1 rings (SSSR count). The Balaban J connectivity index is 2.33. The molecule has 0 aromatic heterocycles. The predicted molar refractivity (Wildman–Crippen MR) is 68.8 cm³/mol. The van der Waals surface area contributed by atoms with Crippen LogP contribution in [-0.2, 0) is 4.79 Å². The summed E-state index contributed by atoms with van der Waals surface area (Å²) in [7, 11) is 1.78. The lowest BCUT2D eigenvalue weighted by molar-refractivity contribution is -0.136. The van der Waals surface area contributed by atoms with Gasteiger partial charge in [-0.25, -0.2) is 0 Å². The maximum absolute atomic E-state index is 12.0. The van der Waals surface area contributed by atoms with Gasteiger partial charge < -0.3 is 15.3 Å². The first-order valence-electron chi connectivity index (χ1n) is 6.55. The highest BCUT2D eigenvalue weighted by Crippen LogP contribution is 2.20. The predicted octanol–water partition coefficient (Wildman–Crippen LogP) is 0.995. The molecule has 0 atom stereocenters. The molecule has 1 amide bonds. The molecule has 2 N–H and O–H groups in total. The van der Waals surface area contributed by atoms with Crippen LogP contribution in [0.1, 0.15) is 39.5 Å². The summed E-state index contributed by atoms with van der Waals surface area (Å²) in [6.45, 7) is 5.93. The number of rotatable bonds is 5. The molecule has 17 heavy (non-hydrogen) atoms. The van der Waals surface area contributed by atoms with Crippen LogP contribution < -0.4 is 5.32 Å². The minimum absolute atomic E-state index is 0.00257. The smallest absolute Gasteiger partial charge is 0.222 e. The van der Waals surface area contributed by atoms with Gasteiger partial charge in [0.15, 0.2) is 0 Å². The first-order chi connectivity index (χ1) is 7.97. The van der Waals surface area contributed by atoms with Crippen molar-refractivity contribution >= 4 is 5.91 Å². The van der Waals surface area contributed by atoms with Gasteiger partial charge in [-0.3, -0.25) is 4.79 Å². The molecule has 100 valence electrons. The average molecular weight is 242 g/mol. The number of hydrogen-bond donors (Lipinski definition) is 2. The SMILES string of the molecule is CN(C(=O)CCC1CCNCC1)C(C)(C)CO. The largest absolute Gasteiger partial charge is 0.394 e. The quantitative estimate of drug-likeness (QED) is 0.756. The van der Waals surface area contributed by atoms with Gasteiger partial charge in [0, 0.05) is 13.5 Å². The van der Waals surface area contributed by atoms with Crippen LogP contribution in [0, 0.1) is 5.92 Å². The number of carbonyl (C=O) groups is 1. The van der Waals surface area contributed by atoms with Crippen molar-refractivity contribution in [2.75, 3.05) is 26.7 Å². The van der Waals surface area contributed by atoms with E-state index in [1.165, 1.54) is 12.8 Å². The lowest BCUT2D eigenvalue weighted by atomic mass is 9.92. The van der Waals surface area contributed by atoms with Crippen molar-refractivity contribution in [3.8, 4) is 0 Å². The number of piperidine rings is 1. The van der Waals surface area contributed by atoms with E-state index in [9.17, 15) is 9.90 Å². The number of aliphatic hydroxyl groups excluding tert-OH is 1. The number of likely N-dealkylation sites (N-methyl/N-ethyl adjacent to an activating group) is 1. The van der Waals surface area contributed by atoms with Crippen molar-refractivity contribution in [1.29, 1.82) is 0 Å². The minimum atomic E-state index is -0.453. The molecule has 0 aromatic carbocycles. The fourth-order valence-corrected chi connectivity index (χ4v) is 2.11. The van der Waals surface area contributed by atoms with E-state index in [0.717, 1.165) is 19.5 Å². The van der Waals surface area contributed by atoms with E-state index in [-0.39, 0.29) is 12.5 Å². The van der Waals surface area contributed by atoms with E-state index in [0.29, 0.717) is 12.3 Å². The van der Waals surface area contributed by atoms with Crippen LogP contribution in [0.4, 0.5) is 0 Å². The molecule has 1 aliphatic rings. The Labute approximate surface area is 104 Å². The highest BCUT2D eigenvalue weighted by Gasteiger charge is 2.27. The number of nitrogens with one attached hydrogen (secondary N) is 1. The maximum Gasteiger partial charge on any atom is 0.222 e. The van der Waals surface area contributed by atoms with Crippen LogP contribution in [0.2, 0.25) is 0 Å². The first kappa shape index (κ1) is 14.5. The fourth-order valence-electron chi connectivity index (χ4n) is 2.11. The molecule has 4 heteroatoms. The van der Waals surface area contributed by atoms with Crippen LogP contribution in [0.15, 0.2) is 0 Å². The fraction of sp³-hybridized carbons (Fsp3) is 0.923. The summed E-state index contributed by atoms with van der Waals surface area (Å²) in [5, 5.41) is 12.6. The molecule has 0 unspecified atom stereocenters. The summed E-state index contributed by atoms with van der Waals surface area (Å²) in [5.41, 5.74) is -0.453. The van der Waals surface area contributed by atoms with Gasteiger partial charge in [-0.1, -0.05) is 0 Å². The van der Waals surface area contributed by atoms with E-state index in [2.05, 4.69) is 5.32 Å². The summed E-state index contributed by atoms with van der Waals surface area (Å²) >= 11 is 0. The summed E-state index contributed by atoms with van der Waals surface area (Å²) in [5.74, 6) is 0.827. The van der Waals surface area contributed by atoms with Crippen molar-refractivity contribution in [3.05, 3.63) is 0 Å². The third kappa shape index (κ3) is 4.28. The second kappa shape index (κ2) is 6.36. The first-order valence-corrected chi connectivity index (χ1v) is 6.55. The molecule has 1 aliphatic heterocycles. The normalized spacial score (nSPS) is 18.1. The van der Waals surface area contributed by atoms with Gasteiger partial charge >= 0.3 is 0 Å². The van der Waals surface area contributed by atoms with Gasteiger partial charge in [0.05, 0.1) is 12.1 Å². The third-order valence-electron chi connectivity index (χ3n) is 3.89. The molecule has 0 aliphatic carbocycles. The number of amides is 1. The van der Waals surface area contributed by atoms with Crippen molar-refractivity contribution in [3.63, 3.8) is 0 Å². The Morgan fingerprint density at radius 2 is 2.00 bits per heavy atom. The molecule has 0 spiro atoms. The van der Waals surface area contributed by atoms with E-state index < -0.39 is 5.54 Å². The molecule has 0 bridgehead atoms. The van der Waals surface area contributed by atoms with Crippen molar-refractivity contribution in [2.45, 2.75) is 45.1 Å². The van der Waals surface area contributed by atoms with E-state index >= 15 is 0 Å². The molecule has 0 radical (unpaired) electrons. The zero-order chi connectivity index (χ0) is 12.9. The zero-order valence-electron chi connectivity index (χ0n) is 11.3. The van der Waals surface area contributed by atoms with E-state index in [1.54, 1.807) is 11.9 Å². The Morgan fingerprint density at radius 3 is 2.53 bits per heavy atom.